The third-order valence-electron chi connectivity index (χ3n) is 2.99. The summed E-state index contributed by atoms with van der Waals surface area (Å²) in [6, 6.07) is 0. The van der Waals surface area contributed by atoms with Gasteiger partial charge >= 0.3 is 0 Å². The first-order valence-electron chi connectivity index (χ1n) is 5.46. The minimum atomic E-state index is -4.66. The van der Waals surface area contributed by atoms with Crippen LogP contribution in [0.4, 0.5) is 0 Å². The smallest absolute Gasteiger partial charge is 0.217 e. The highest BCUT2D eigenvalue weighted by molar-refractivity contribution is 7.80. The Morgan fingerprint density at radius 3 is 1.88 bits per heavy atom. The van der Waals surface area contributed by atoms with E-state index >= 15 is 0 Å². The summed E-state index contributed by atoms with van der Waals surface area (Å²) in [7, 11) is -3.08. The van der Waals surface area contributed by atoms with E-state index in [9.17, 15) is 13.0 Å². The molecule has 6 nitrogen and oxygen atoms in total. The van der Waals surface area contributed by atoms with Gasteiger partial charge < -0.3 is 9.39 Å². The predicted octanol–water partition coefficient (Wildman–Crippen LogP) is 1.05. The van der Waals surface area contributed by atoms with E-state index in [1.165, 1.54) is 0 Å². The van der Waals surface area contributed by atoms with Crippen LogP contribution in [-0.4, -0.2) is 42.3 Å². The Labute approximate surface area is 103 Å². The molecule has 0 aromatic carbocycles. The average molecular weight is 266 g/mol. The quantitative estimate of drug-likeness (QED) is 0.561. The highest BCUT2D eigenvalue weighted by Crippen LogP contribution is 2.39. The Bertz CT molecular complexity index is 358. The molecule has 0 spiro atoms. The number of rotatable bonds is 3. The minimum absolute atomic E-state index is 0.397. The van der Waals surface area contributed by atoms with Crippen molar-refractivity contribution in [1.82, 2.24) is 5.06 Å². The Kier molecular flexibility index (Phi) is 3.91. The molecular weight excluding hydrogens is 246 g/mol. The van der Waals surface area contributed by atoms with Crippen LogP contribution in [0.3, 0.4) is 0 Å². The lowest BCUT2D eigenvalue weighted by molar-refractivity contribution is -0.274. The molecule has 0 amide bonds. The molecule has 0 bridgehead atoms. The van der Waals surface area contributed by atoms with E-state index in [4.69, 9.17) is 4.84 Å². The average Bonchev–Trinajstić information content (AvgIpc) is 1.94. The van der Waals surface area contributed by atoms with E-state index in [0.717, 1.165) is 0 Å². The first-order chi connectivity index (χ1) is 7.48. The molecule has 1 rings (SSSR count). The molecule has 1 saturated heterocycles. The first kappa shape index (κ1) is 14.8. The molecule has 1 fully saturated rings. The normalized spacial score (nSPS) is 26.0. The molecule has 0 aliphatic carbocycles. The van der Waals surface area contributed by atoms with Gasteiger partial charge in [0.05, 0.1) is 13.2 Å². The number of piperidine rings is 1. The molecule has 1 heterocycles. The maximum atomic E-state index is 10.6. The van der Waals surface area contributed by atoms with Gasteiger partial charge in [-0.25, -0.2) is 8.42 Å². The van der Waals surface area contributed by atoms with Crippen LogP contribution in [0.15, 0.2) is 0 Å². The van der Waals surface area contributed by atoms with Crippen LogP contribution in [0.5, 0.6) is 0 Å². The molecule has 0 unspecified atom stereocenters. The van der Waals surface area contributed by atoms with E-state index in [1.807, 2.05) is 32.8 Å². The molecule has 0 atom stereocenters. The van der Waals surface area contributed by atoms with Gasteiger partial charge in [0.1, 0.15) is 0 Å². The number of hydroxylamine groups is 2. The maximum absolute atomic E-state index is 10.6. The highest BCUT2D eigenvalue weighted by atomic mass is 32.3. The van der Waals surface area contributed by atoms with Crippen LogP contribution in [0, 0.1) is 0 Å². The fraction of sp³-hybridized carbons (Fsp3) is 1.00. The van der Waals surface area contributed by atoms with Crippen LogP contribution in [0.25, 0.3) is 0 Å². The summed E-state index contributed by atoms with van der Waals surface area (Å²) in [6.07, 6.45) is 0.242. The second kappa shape index (κ2) is 4.47. The molecular formula is C10H20NO5S-. The van der Waals surface area contributed by atoms with E-state index in [2.05, 4.69) is 4.18 Å². The summed E-state index contributed by atoms with van der Waals surface area (Å²) in [5.41, 5.74) is -0.794. The lowest BCUT2D eigenvalue weighted by Gasteiger charge is -2.52. The molecule has 0 saturated carbocycles. The van der Waals surface area contributed by atoms with E-state index in [1.54, 1.807) is 7.11 Å². The zero-order valence-electron chi connectivity index (χ0n) is 10.9. The van der Waals surface area contributed by atoms with Crippen molar-refractivity contribution in [2.75, 3.05) is 7.11 Å². The van der Waals surface area contributed by atoms with Crippen molar-refractivity contribution in [3.05, 3.63) is 0 Å². The number of hydrogen-bond acceptors (Lipinski definition) is 6. The summed E-state index contributed by atoms with van der Waals surface area (Å²) < 4.78 is 36.5. The van der Waals surface area contributed by atoms with Crippen LogP contribution >= 0.6 is 0 Å². The fourth-order valence-electron chi connectivity index (χ4n) is 2.90. The van der Waals surface area contributed by atoms with Crippen molar-refractivity contribution in [1.29, 1.82) is 0 Å². The zero-order chi connectivity index (χ0) is 13.5. The van der Waals surface area contributed by atoms with E-state index < -0.39 is 27.6 Å². The molecule has 1 aliphatic rings. The minimum Gasteiger partial charge on any atom is -0.726 e. The summed E-state index contributed by atoms with van der Waals surface area (Å²) in [5.74, 6) is 0. The Hall–Kier alpha value is -0.210. The number of hydrogen-bond donors (Lipinski definition) is 0. The maximum Gasteiger partial charge on any atom is 0.217 e. The van der Waals surface area contributed by atoms with Crippen LogP contribution in [-0.2, 0) is 19.4 Å². The lowest BCUT2D eigenvalue weighted by atomic mass is 9.80. The summed E-state index contributed by atoms with van der Waals surface area (Å²) >= 11 is 0. The zero-order valence-corrected chi connectivity index (χ0v) is 11.7. The van der Waals surface area contributed by atoms with E-state index in [-0.39, 0.29) is 0 Å². The van der Waals surface area contributed by atoms with Crippen molar-refractivity contribution in [2.24, 2.45) is 0 Å². The third kappa shape index (κ3) is 3.62. The molecule has 0 aromatic rings. The number of nitrogens with zero attached hydrogens (tertiary/aromatic N) is 1. The van der Waals surface area contributed by atoms with Gasteiger partial charge in [-0.2, -0.15) is 5.06 Å². The molecule has 102 valence electrons. The van der Waals surface area contributed by atoms with Gasteiger partial charge in [-0.15, -0.1) is 0 Å². The first-order valence-corrected chi connectivity index (χ1v) is 6.80. The molecule has 7 heteroatoms. The van der Waals surface area contributed by atoms with Gasteiger partial charge in [-0.05, 0) is 40.5 Å². The van der Waals surface area contributed by atoms with Crippen molar-refractivity contribution < 1.29 is 22.0 Å². The van der Waals surface area contributed by atoms with E-state index in [0.29, 0.717) is 12.8 Å². The van der Waals surface area contributed by atoms with Crippen molar-refractivity contribution in [3.63, 3.8) is 0 Å². The second-order valence-corrected chi connectivity index (χ2v) is 6.65. The van der Waals surface area contributed by atoms with Gasteiger partial charge in [0, 0.05) is 11.1 Å². The molecule has 0 radical (unpaired) electrons. The van der Waals surface area contributed by atoms with Crippen LogP contribution in [0.1, 0.15) is 40.5 Å². The Morgan fingerprint density at radius 2 is 1.59 bits per heavy atom. The molecule has 17 heavy (non-hydrogen) atoms. The second-order valence-electron chi connectivity index (χ2n) is 5.64. The standard InChI is InChI=1S/C10H21NO5S/c1-9(2)6-8(16-17(12,13)14)7-10(3,4)11(9)15-5/h8H,6-7H2,1-5H3,(H,12,13,14)/p-1. The van der Waals surface area contributed by atoms with Gasteiger partial charge in [0.2, 0.25) is 10.4 Å². The fourth-order valence-corrected chi connectivity index (χ4v) is 3.37. The lowest BCUT2D eigenvalue weighted by Crippen LogP contribution is -2.61. The van der Waals surface area contributed by atoms with Gasteiger partial charge in [-0.3, -0.25) is 4.18 Å². The molecule has 0 aromatic heterocycles. The van der Waals surface area contributed by atoms with Crippen LogP contribution < -0.4 is 0 Å². The summed E-state index contributed by atoms with van der Waals surface area (Å²) in [5, 5.41) is 1.82. The van der Waals surface area contributed by atoms with Gasteiger partial charge in [-0.1, -0.05) is 0 Å². The third-order valence-corrected chi connectivity index (χ3v) is 3.50. The highest BCUT2D eigenvalue weighted by Gasteiger charge is 2.47. The Morgan fingerprint density at radius 1 is 1.18 bits per heavy atom. The monoisotopic (exact) mass is 266 g/mol. The predicted molar refractivity (Wildman–Crippen MR) is 60.8 cm³/mol. The summed E-state index contributed by atoms with van der Waals surface area (Å²) in [4.78, 5) is 5.35. The Balaban J connectivity index is 2.91. The van der Waals surface area contributed by atoms with Crippen LogP contribution in [0.2, 0.25) is 0 Å². The largest absolute Gasteiger partial charge is 0.726 e. The van der Waals surface area contributed by atoms with Gasteiger partial charge in [0.25, 0.3) is 0 Å². The van der Waals surface area contributed by atoms with Crippen molar-refractivity contribution >= 4 is 10.4 Å². The summed E-state index contributed by atoms with van der Waals surface area (Å²) in [6.45, 7) is 7.69. The van der Waals surface area contributed by atoms with Crippen molar-refractivity contribution in [3.8, 4) is 0 Å². The molecule has 1 aliphatic heterocycles. The topological polar surface area (TPSA) is 78.9 Å². The van der Waals surface area contributed by atoms with Gasteiger partial charge in [0.15, 0.2) is 0 Å². The molecule has 0 N–H and O–H groups in total. The SMILES string of the molecule is CON1C(C)(C)CC(OS(=O)(=O)[O-])CC1(C)C. The van der Waals surface area contributed by atoms with Crippen molar-refractivity contribution in [2.45, 2.75) is 57.7 Å².